The van der Waals surface area contributed by atoms with Crippen molar-refractivity contribution in [3.8, 4) is 11.3 Å². The van der Waals surface area contributed by atoms with Crippen LogP contribution in [-0.2, 0) is 4.79 Å². The lowest BCUT2D eigenvalue weighted by atomic mass is 10.1. The molecule has 1 aromatic heterocycles. The van der Waals surface area contributed by atoms with Crippen molar-refractivity contribution in [1.82, 2.24) is 9.88 Å². The van der Waals surface area contributed by atoms with E-state index in [4.69, 9.17) is 16.7 Å². The highest BCUT2D eigenvalue weighted by Gasteiger charge is 2.31. The Morgan fingerprint density at radius 1 is 1.29 bits per heavy atom. The number of halogens is 1. The van der Waals surface area contributed by atoms with Gasteiger partial charge in [0.15, 0.2) is 0 Å². The fourth-order valence-corrected chi connectivity index (χ4v) is 3.25. The molecule has 0 bridgehead atoms. The molecule has 1 N–H and O–H groups in total. The lowest BCUT2D eigenvalue weighted by molar-refractivity contribution is -0.137. The van der Waals surface area contributed by atoms with Gasteiger partial charge in [0, 0.05) is 24.3 Å². The van der Waals surface area contributed by atoms with Gasteiger partial charge >= 0.3 is 5.97 Å². The molecule has 5 nitrogen and oxygen atoms in total. The molecule has 124 valence electrons. The van der Waals surface area contributed by atoms with E-state index < -0.39 is 5.97 Å². The number of rotatable bonds is 4. The molecule has 1 amide bonds. The van der Waals surface area contributed by atoms with Crippen molar-refractivity contribution in [2.45, 2.75) is 25.3 Å². The lowest BCUT2D eigenvalue weighted by Crippen LogP contribution is -2.37. The second-order valence-electron chi connectivity index (χ2n) is 5.80. The number of likely N-dealkylation sites (tertiary alicyclic amines) is 1. The molecule has 1 atom stereocenters. The molecule has 24 heavy (non-hydrogen) atoms. The number of benzene rings is 1. The van der Waals surface area contributed by atoms with Crippen LogP contribution in [-0.4, -0.2) is 39.5 Å². The second kappa shape index (κ2) is 7.01. The summed E-state index contributed by atoms with van der Waals surface area (Å²) in [5.41, 5.74) is 1.95. The van der Waals surface area contributed by atoms with Gasteiger partial charge in [-0.2, -0.15) is 0 Å². The topological polar surface area (TPSA) is 70.5 Å². The predicted octanol–water partition coefficient (Wildman–Crippen LogP) is 3.48. The van der Waals surface area contributed by atoms with Crippen LogP contribution < -0.4 is 0 Å². The van der Waals surface area contributed by atoms with E-state index in [9.17, 15) is 9.59 Å². The number of nitrogens with zero attached hydrogens (tertiary/aromatic N) is 2. The minimum atomic E-state index is -0.895. The van der Waals surface area contributed by atoms with Crippen molar-refractivity contribution >= 4 is 23.5 Å². The van der Waals surface area contributed by atoms with Crippen LogP contribution in [0.1, 0.15) is 29.6 Å². The highest BCUT2D eigenvalue weighted by Crippen LogP contribution is 2.28. The van der Waals surface area contributed by atoms with Crippen LogP contribution >= 0.6 is 11.6 Å². The number of carbonyl (C=O) groups is 2. The Hall–Kier alpha value is -2.40. The highest BCUT2D eigenvalue weighted by atomic mass is 35.5. The molecular weight excluding hydrogens is 328 g/mol. The van der Waals surface area contributed by atoms with E-state index in [2.05, 4.69) is 4.98 Å². The van der Waals surface area contributed by atoms with Crippen molar-refractivity contribution < 1.29 is 14.7 Å². The molecule has 1 unspecified atom stereocenters. The molecule has 0 aliphatic carbocycles. The van der Waals surface area contributed by atoms with E-state index in [0.29, 0.717) is 23.6 Å². The van der Waals surface area contributed by atoms with Crippen molar-refractivity contribution in [1.29, 1.82) is 0 Å². The molecule has 0 spiro atoms. The minimum Gasteiger partial charge on any atom is -0.481 e. The van der Waals surface area contributed by atoms with Gasteiger partial charge in [-0.05, 0) is 37.1 Å². The number of aromatic nitrogens is 1. The van der Waals surface area contributed by atoms with Crippen LogP contribution in [0, 0.1) is 0 Å². The van der Waals surface area contributed by atoms with Gasteiger partial charge in [-0.3, -0.25) is 14.6 Å². The molecule has 0 radical (unpaired) electrons. The number of aliphatic carboxylic acids is 1. The maximum Gasteiger partial charge on any atom is 0.305 e. The quantitative estimate of drug-likeness (QED) is 0.921. The Kier molecular flexibility index (Phi) is 4.81. The number of carbonyl (C=O) groups excluding carboxylic acids is 1. The smallest absolute Gasteiger partial charge is 0.305 e. The zero-order valence-corrected chi connectivity index (χ0v) is 13.7. The first-order valence-corrected chi connectivity index (χ1v) is 8.18. The van der Waals surface area contributed by atoms with Crippen LogP contribution in [0.25, 0.3) is 11.3 Å². The molecule has 6 heteroatoms. The van der Waals surface area contributed by atoms with E-state index in [0.717, 1.165) is 17.7 Å². The standard InChI is InChI=1S/C18H17ClN2O3/c19-15-7-6-12(16-5-1-2-8-20-16)10-14(15)18(24)21-9-3-4-13(21)11-17(22)23/h1-2,5-8,10,13H,3-4,9,11H2,(H,22,23). The Morgan fingerprint density at radius 2 is 2.12 bits per heavy atom. The number of carboxylic acid groups (broad SMARTS) is 1. The van der Waals surface area contributed by atoms with Crippen molar-refractivity contribution in [3.05, 3.63) is 53.2 Å². The molecule has 3 rings (SSSR count). The predicted molar refractivity (Wildman–Crippen MR) is 91.0 cm³/mol. The van der Waals surface area contributed by atoms with E-state index in [-0.39, 0.29) is 18.4 Å². The fraction of sp³-hybridized carbons (Fsp3) is 0.278. The maximum atomic E-state index is 12.9. The lowest BCUT2D eigenvalue weighted by Gasteiger charge is -2.24. The summed E-state index contributed by atoms with van der Waals surface area (Å²) in [4.78, 5) is 29.8. The zero-order chi connectivity index (χ0) is 17.1. The largest absolute Gasteiger partial charge is 0.481 e. The monoisotopic (exact) mass is 344 g/mol. The summed E-state index contributed by atoms with van der Waals surface area (Å²) in [6.45, 7) is 0.556. The van der Waals surface area contributed by atoms with Gasteiger partial charge in [-0.15, -0.1) is 0 Å². The molecule has 0 saturated carbocycles. The first-order valence-electron chi connectivity index (χ1n) is 7.80. The van der Waals surface area contributed by atoms with Gasteiger partial charge in [-0.1, -0.05) is 23.7 Å². The third-order valence-corrected chi connectivity index (χ3v) is 4.54. The molecule has 2 heterocycles. The fourth-order valence-electron chi connectivity index (χ4n) is 3.05. The van der Waals surface area contributed by atoms with E-state index >= 15 is 0 Å². The van der Waals surface area contributed by atoms with Gasteiger partial charge in [0.05, 0.1) is 22.7 Å². The summed E-state index contributed by atoms with van der Waals surface area (Å²) in [6, 6.07) is 10.5. The molecule has 1 saturated heterocycles. The number of pyridine rings is 1. The van der Waals surface area contributed by atoms with Gasteiger partial charge in [0.25, 0.3) is 5.91 Å². The summed E-state index contributed by atoms with van der Waals surface area (Å²) in [5.74, 6) is -1.12. The summed E-state index contributed by atoms with van der Waals surface area (Å²) in [6.07, 6.45) is 3.16. The van der Waals surface area contributed by atoms with Crippen molar-refractivity contribution in [2.75, 3.05) is 6.54 Å². The van der Waals surface area contributed by atoms with Gasteiger partial charge in [0.2, 0.25) is 0 Å². The summed E-state index contributed by atoms with van der Waals surface area (Å²) in [7, 11) is 0. The summed E-state index contributed by atoms with van der Waals surface area (Å²) >= 11 is 6.23. The van der Waals surface area contributed by atoms with Crippen molar-refractivity contribution in [2.24, 2.45) is 0 Å². The SMILES string of the molecule is O=C(O)CC1CCCN1C(=O)c1cc(-c2ccccn2)ccc1Cl. The van der Waals surface area contributed by atoms with E-state index in [1.54, 1.807) is 23.2 Å². The molecule has 2 aromatic rings. The first kappa shape index (κ1) is 16.5. The second-order valence-corrected chi connectivity index (χ2v) is 6.21. The van der Waals surface area contributed by atoms with Crippen LogP contribution in [0.5, 0.6) is 0 Å². The Balaban J connectivity index is 1.91. The minimum absolute atomic E-state index is 0.0384. The number of carboxylic acids is 1. The Morgan fingerprint density at radius 3 is 2.83 bits per heavy atom. The average Bonchev–Trinajstić information content (AvgIpc) is 3.03. The normalized spacial score (nSPS) is 17.0. The Bertz CT molecular complexity index is 764. The number of hydrogen-bond acceptors (Lipinski definition) is 3. The van der Waals surface area contributed by atoms with Gasteiger partial charge in [-0.25, -0.2) is 0 Å². The van der Waals surface area contributed by atoms with Gasteiger partial charge < -0.3 is 10.0 Å². The Labute approximate surface area is 144 Å². The molecule has 1 aliphatic rings. The van der Waals surface area contributed by atoms with Crippen LogP contribution in [0.15, 0.2) is 42.6 Å². The number of amides is 1. The first-order chi connectivity index (χ1) is 11.6. The van der Waals surface area contributed by atoms with Crippen LogP contribution in [0.4, 0.5) is 0 Å². The molecule has 1 aromatic carbocycles. The molecule has 1 aliphatic heterocycles. The van der Waals surface area contributed by atoms with Crippen LogP contribution in [0.2, 0.25) is 5.02 Å². The highest BCUT2D eigenvalue weighted by molar-refractivity contribution is 6.34. The number of hydrogen-bond donors (Lipinski definition) is 1. The zero-order valence-electron chi connectivity index (χ0n) is 13.0. The molecule has 1 fully saturated rings. The summed E-state index contributed by atoms with van der Waals surface area (Å²) in [5, 5.41) is 9.38. The maximum absolute atomic E-state index is 12.9. The molecular formula is C18H17ClN2O3. The van der Waals surface area contributed by atoms with Crippen LogP contribution in [0.3, 0.4) is 0 Å². The third kappa shape index (κ3) is 3.41. The average molecular weight is 345 g/mol. The summed E-state index contributed by atoms with van der Waals surface area (Å²) < 4.78 is 0. The van der Waals surface area contributed by atoms with Gasteiger partial charge in [0.1, 0.15) is 0 Å². The van der Waals surface area contributed by atoms with E-state index in [1.807, 2.05) is 24.3 Å². The van der Waals surface area contributed by atoms with E-state index in [1.165, 1.54) is 0 Å². The third-order valence-electron chi connectivity index (χ3n) is 4.21. The van der Waals surface area contributed by atoms with Crippen molar-refractivity contribution in [3.63, 3.8) is 0 Å².